The Kier molecular flexibility index (Phi) is 10.9. The predicted octanol–water partition coefficient (Wildman–Crippen LogP) is 3.92. The lowest BCUT2D eigenvalue weighted by atomic mass is 9.98. The summed E-state index contributed by atoms with van der Waals surface area (Å²) in [6, 6.07) is 3.91. The minimum Gasteiger partial charge on any atom is -0.506 e. The van der Waals surface area contributed by atoms with Crippen LogP contribution in [0.3, 0.4) is 0 Å². The fourth-order valence-corrected chi connectivity index (χ4v) is 3.23. The molecule has 2 rings (SSSR count). The largest absolute Gasteiger partial charge is 0.506 e. The standard InChI is InChI=1S/C16H23BrN2O2.2ClH/c1-3-4-5-15(19-8-6-18-7-9-19)13-10-12(21-2)11-14(17)16(13)20;;/h3,10-11,15,18,20H,1,4-9H2,2H3;2*1H/t15-;;/m1../s1. The summed E-state index contributed by atoms with van der Waals surface area (Å²) in [5.74, 6) is 1.07. The third kappa shape index (κ3) is 5.84. The summed E-state index contributed by atoms with van der Waals surface area (Å²) in [6.07, 6.45) is 3.79. The number of aromatic hydroxyl groups is 1. The van der Waals surface area contributed by atoms with Crippen LogP contribution in [0.2, 0.25) is 0 Å². The molecule has 0 spiro atoms. The first-order chi connectivity index (χ1) is 10.2. The van der Waals surface area contributed by atoms with Crippen molar-refractivity contribution in [2.45, 2.75) is 18.9 Å². The summed E-state index contributed by atoms with van der Waals surface area (Å²) in [5.41, 5.74) is 0.921. The second-order valence-corrected chi connectivity index (χ2v) is 6.07. The van der Waals surface area contributed by atoms with E-state index >= 15 is 0 Å². The second kappa shape index (κ2) is 11.2. The minimum atomic E-state index is 0. The van der Waals surface area contributed by atoms with Gasteiger partial charge in [0, 0.05) is 37.8 Å². The van der Waals surface area contributed by atoms with E-state index in [1.165, 1.54) is 0 Å². The van der Waals surface area contributed by atoms with Gasteiger partial charge in [0.1, 0.15) is 11.5 Å². The number of halogens is 3. The Morgan fingerprint density at radius 1 is 1.39 bits per heavy atom. The van der Waals surface area contributed by atoms with Crippen molar-refractivity contribution in [3.8, 4) is 11.5 Å². The summed E-state index contributed by atoms with van der Waals surface area (Å²) < 4.78 is 6.02. The molecule has 0 aromatic heterocycles. The zero-order chi connectivity index (χ0) is 15.2. The van der Waals surface area contributed by atoms with E-state index in [2.05, 4.69) is 32.7 Å². The van der Waals surface area contributed by atoms with E-state index in [1.54, 1.807) is 13.2 Å². The number of rotatable bonds is 6. The number of methoxy groups -OCH3 is 1. The molecule has 7 heteroatoms. The highest BCUT2D eigenvalue weighted by atomic mass is 79.9. The van der Waals surface area contributed by atoms with Gasteiger partial charge in [-0.25, -0.2) is 0 Å². The molecule has 0 unspecified atom stereocenters. The summed E-state index contributed by atoms with van der Waals surface area (Å²) in [7, 11) is 1.65. The van der Waals surface area contributed by atoms with Crippen LogP contribution >= 0.6 is 40.7 Å². The smallest absolute Gasteiger partial charge is 0.134 e. The zero-order valence-corrected chi connectivity index (χ0v) is 16.5. The van der Waals surface area contributed by atoms with Gasteiger partial charge in [-0.15, -0.1) is 31.4 Å². The number of nitrogens with one attached hydrogen (secondary N) is 1. The van der Waals surface area contributed by atoms with Crippen LogP contribution in [0.5, 0.6) is 11.5 Å². The Morgan fingerprint density at radius 3 is 2.61 bits per heavy atom. The first-order valence-corrected chi connectivity index (χ1v) is 8.08. The molecule has 2 N–H and O–H groups in total. The molecule has 0 amide bonds. The van der Waals surface area contributed by atoms with E-state index in [-0.39, 0.29) is 30.9 Å². The average Bonchev–Trinajstić information content (AvgIpc) is 2.52. The molecule has 0 aliphatic carbocycles. The topological polar surface area (TPSA) is 44.7 Å². The van der Waals surface area contributed by atoms with Gasteiger partial charge in [0.2, 0.25) is 0 Å². The van der Waals surface area contributed by atoms with Crippen molar-refractivity contribution in [1.82, 2.24) is 10.2 Å². The van der Waals surface area contributed by atoms with Gasteiger partial charge in [-0.3, -0.25) is 4.90 Å². The van der Waals surface area contributed by atoms with Crippen LogP contribution in [0.15, 0.2) is 29.3 Å². The Hall–Kier alpha value is -0.460. The summed E-state index contributed by atoms with van der Waals surface area (Å²) in [5, 5.41) is 13.8. The molecule has 132 valence electrons. The maximum absolute atomic E-state index is 10.4. The van der Waals surface area contributed by atoms with Gasteiger partial charge < -0.3 is 15.2 Å². The van der Waals surface area contributed by atoms with Crippen LogP contribution in [0, 0.1) is 0 Å². The van der Waals surface area contributed by atoms with Gasteiger partial charge in [-0.1, -0.05) is 6.08 Å². The summed E-state index contributed by atoms with van der Waals surface area (Å²) in [6.45, 7) is 7.75. The number of piperazine rings is 1. The number of hydrogen-bond donors (Lipinski definition) is 2. The van der Waals surface area contributed by atoms with Crippen LogP contribution in [-0.4, -0.2) is 43.3 Å². The molecular weight excluding hydrogens is 403 g/mol. The van der Waals surface area contributed by atoms with E-state index in [1.807, 2.05) is 12.1 Å². The lowest BCUT2D eigenvalue weighted by molar-refractivity contribution is 0.163. The molecule has 0 bridgehead atoms. The van der Waals surface area contributed by atoms with Crippen molar-refractivity contribution in [3.63, 3.8) is 0 Å². The highest BCUT2D eigenvalue weighted by Crippen LogP contribution is 2.40. The number of nitrogens with zero attached hydrogens (tertiary/aromatic N) is 1. The Labute approximate surface area is 159 Å². The molecule has 0 saturated carbocycles. The van der Waals surface area contributed by atoms with Gasteiger partial charge in [0.05, 0.1) is 11.6 Å². The lowest BCUT2D eigenvalue weighted by Crippen LogP contribution is -2.45. The Balaban J connectivity index is 0.00000242. The van der Waals surface area contributed by atoms with Crippen LogP contribution in [0.25, 0.3) is 0 Å². The lowest BCUT2D eigenvalue weighted by Gasteiger charge is -2.35. The van der Waals surface area contributed by atoms with Crippen LogP contribution in [-0.2, 0) is 0 Å². The fourth-order valence-electron chi connectivity index (χ4n) is 2.77. The van der Waals surface area contributed by atoms with Crippen molar-refractivity contribution < 1.29 is 9.84 Å². The normalized spacial score (nSPS) is 15.9. The third-order valence-corrected chi connectivity index (χ3v) is 4.50. The van der Waals surface area contributed by atoms with Gasteiger partial charge in [0.15, 0.2) is 0 Å². The number of benzene rings is 1. The number of phenols is 1. The molecule has 1 aromatic rings. The number of ether oxygens (including phenoxy) is 1. The predicted molar refractivity (Wildman–Crippen MR) is 103 cm³/mol. The zero-order valence-electron chi connectivity index (χ0n) is 13.3. The molecule has 1 saturated heterocycles. The monoisotopic (exact) mass is 426 g/mol. The van der Waals surface area contributed by atoms with E-state index in [0.717, 1.165) is 50.3 Å². The van der Waals surface area contributed by atoms with Gasteiger partial charge in [0.25, 0.3) is 0 Å². The van der Waals surface area contributed by atoms with Gasteiger partial charge in [-0.05, 0) is 40.9 Å². The van der Waals surface area contributed by atoms with Gasteiger partial charge in [-0.2, -0.15) is 0 Å². The molecule has 1 atom stereocenters. The highest BCUT2D eigenvalue weighted by Gasteiger charge is 2.25. The molecule has 1 aliphatic rings. The molecule has 23 heavy (non-hydrogen) atoms. The first kappa shape index (κ1) is 22.5. The van der Waals surface area contributed by atoms with Crippen molar-refractivity contribution in [2.75, 3.05) is 33.3 Å². The molecule has 1 aliphatic heterocycles. The van der Waals surface area contributed by atoms with E-state index in [0.29, 0.717) is 10.2 Å². The summed E-state index contributed by atoms with van der Waals surface area (Å²) >= 11 is 3.42. The highest BCUT2D eigenvalue weighted by molar-refractivity contribution is 9.10. The van der Waals surface area contributed by atoms with Gasteiger partial charge >= 0.3 is 0 Å². The SMILES string of the molecule is C=CCC[C@H](c1cc(OC)cc(Br)c1O)N1CCNCC1.Cl.Cl. The van der Waals surface area contributed by atoms with E-state index in [9.17, 15) is 5.11 Å². The Bertz CT molecular complexity index is 497. The molecule has 0 radical (unpaired) electrons. The average molecular weight is 428 g/mol. The van der Waals surface area contributed by atoms with Crippen molar-refractivity contribution >= 4 is 40.7 Å². The van der Waals surface area contributed by atoms with E-state index in [4.69, 9.17) is 4.74 Å². The molecular formula is C16H25BrCl2N2O2. The first-order valence-electron chi connectivity index (χ1n) is 7.29. The van der Waals surface area contributed by atoms with Crippen LogP contribution < -0.4 is 10.1 Å². The van der Waals surface area contributed by atoms with Crippen LogP contribution in [0.1, 0.15) is 24.4 Å². The molecule has 4 nitrogen and oxygen atoms in total. The maximum atomic E-state index is 10.4. The second-order valence-electron chi connectivity index (χ2n) is 5.21. The van der Waals surface area contributed by atoms with Crippen LogP contribution in [0.4, 0.5) is 0 Å². The summed E-state index contributed by atoms with van der Waals surface area (Å²) in [4.78, 5) is 2.42. The van der Waals surface area contributed by atoms with Crippen molar-refractivity contribution in [3.05, 3.63) is 34.8 Å². The fraction of sp³-hybridized carbons (Fsp3) is 0.500. The third-order valence-electron chi connectivity index (χ3n) is 3.90. The maximum Gasteiger partial charge on any atom is 0.134 e. The van der Waals surface area contributed by atoms with Crippen molar-refractivity contribution in [2.24, 2.45) is 0 Å². The number of allylic oxidation sites excluding steroid dienone is 1. The molecule has 1 fully saturated rings. The molecule has 1 aromatic carbocycles. The molecule has 1 heterocycles. The number of phenolic OH excluding ortho intramolecular Hbond substituents is 1. The van der Waals surface area contributed by atoms with E-state index < -0.39 is 0 Å². The van der Waals surface area contributed by atoms with Crippen molar-refractivity contribution in [1.29, 1.82) is 0 Å². The number of hydrogen-bond acceptors (Lipinski definition) is 4. The quantitative estimate of drug-likeness (QED) is 0.675. The Morgan fingerprint density at radius 2 is 2.04 bits per heavy atom. The minimum absolute atomic E-state index is 0.